The second-order valence-corrected chi connectivity index (χ2v) is 5.28. The fourth-order valence-corrected chi connectivity index (χ4v) is 2.40. The van der Waals surface area contributed by atoms with Crippen LogP contribution in [0.15, 0.2) is 4.99 Å². The molecule has 0 unspecified atom stereocenters. The summed E-state index contributed by atoms with van der Waals surface area (Å²) >= 11 is 0. The van der Waals surface area contributed by atoms with E-state index in [4.69, 9.17) is 5.73 Å². The van der Waals surface area contributed by atoms with E-state index in [9.17, 15) is 8.42 Å². The first-order chi connectivity index (χ1) is 6.05. The standard InChI is InChI=1S/C7H15N3O2S/c1-2-9-7(8)10-3-5-13(11,12)6-4-10/h2-6H2,1H3,(H2,8,9). The number of sulfone groups is 1. The van der Waals surface area contributed by atoms with E-state index in [1.165, 1.54) is 0 Å². The van der Waals surface area contributed by atoms with Crippen LogP contribution in [0.5, 0.6) is 0 Å². The quantitative estimate of drug-likeness (QED) is 0.442. The molecule has 0 bridgehead atoms. The van der Waals surface area contributed by atoms with E-state index in [2.05, 4.69) is 4.99 Å². The van der Waals surface area contributed by atoms with Crippen LogP contribution >= 0.6 is 0 Å². The van der Waals surface area contributed by atoms with Gasteiger partial charge in [-0.15, -0.1) is 0 Å². The summed E-state index contributed by atoms with van der Waals surface area (Å²) in [4.78, 5) is 5.83. The Morgan fingerprint density at radius 2 is 2.00 bits per heavy atom. The Morgan fingerprint density at radius 3 is 2.46 bits per heavy atom. The molecule has 0 aromatic heterocycles. The number of guanidine groups is 1. The molecule has 13 heavy (non-hydrogen) atoms. The highest BCUT2D eigenvalue weighted by atomic mass is 32.2. The summed E-state index contributed by atoms with van der Waals surface area (Å²) in [7, 11) is -2.82. The van der Waals surface area contributed by atoms with Crippen LogP contribution in [0, 0.1) is 0 Å². The molecule has 0 aliphatic carbocycles. The molecule has 1 rings (SSSR count). The summed E-state index contributed by atoms with van der Waals surface area (Å²) in [5, 5.41) is 0. The monoisotopic (exact) mass is 205 g/mol. The summed E-state index contributed by atoms with van der Waals surface area (Å²) in [5.74, 6) is 0.831. The maximum Gasteiger partial charge on any atom is 0.191 e. The van der Waals surface area contributed by atoms with Crippen molar-refractivity contribution in [3.63, 3.8) is 0 Å². The molecule has 1 saturated heterocycles. The summed E-state index contributed by atoms with van der Waals surface area (Å²) in [6.45, 7) is 3.47. The van der Waals surface area contributed by atoms with E-state index in [0.717, 1.165) is 0 Å². The zero-order chi connectivity index (χ0) is 9.90. The highest BCUT2D eigenvalue weighted by Gasteiger charge is 2.22. The van der Waals surface area contributed by atoms with E-state index < -0.39 is 9.84 Å². The van der Waals surface area contributed by atoms with Crippen LogP contribution in [-0.2, 0) is 9.84 Å². The van der Waals surface area contributed by atoms with Gasteiger partial charge in [-0.2, -0.15) is 0 Å². The van der Waals surface area contributed by atoms with Gasteiger partial charge in [0.1, 0.15) is 0 Å². The molecular formula is C7H15N3O2S. The van der Waals surface area contributed by atoms with E-state index in [0.29, 0.717) is 25.6 Å². The SMILES string of the molecule is CCN=C(N)N1CCS(=O)(=O)CC1. The molecule has 1 heterocycles. The number of hydrogen-bond acceptors (Lipinski definition) is 3. The zero-order valence-electron chi connectivity index (χ0n) is 7.73. The minimum Gasteiger partial charge on any atom is -0.370 e. The minimum absolute atomic E-state index is 0.187. The minimum atomic E-state index is -2.82. The van der Waals surface area contributed by atoms with Crippen molar-refractivity contribution >= 4 is 15.8 Å². The van der Waals surface area contributed by atoms with Crippen LogP contribution < -0.4 is 5.73 Å². The molecule has 0 radical (unpaired) electrons. The van der Waals surface area contributed by atoms with Crippen molar-refractivity contribution in [2.75, 3.05) is 31.1 Å². The third kappa shape index (κ3) is 2.87. The Balaban J connectivity index is 2.55. The predicted octanol–water partition coefficient (Wildman–Crippen LogP) is -0.949. The van der Waals surface area contributed by atoms with Crippen LogP contribution in [0.3, 0.4) is 0 Å². The highest BCUT2D eigenvalue weighted by Crippen LogP contribution is 2.02. The fourth-order valence-electron chi connectivity index (χ4n) is 1.20. The molecular weight excluding hydrogens is 190 g/mol. The fraction of sp³-hybridized carbons (Fsp3) is 0.857. The van der Waals surface area contributed by atoms with Crippen molar-refractivity contribution < 1.29 is 8.42 Å². The molecule has 1 fully saturated rings. The van der Waals surface area contributed by atoms with Gasteiger partial charge in [0.15, 0.2) is 15.8 Å². The highest BCUT2D eigenvalue weighted by molar-refractivity contribution is 7.91. The number of rotatable bonds is 1. The van der Waals surface area contributed by atoms with Crippen LogP contribution in [0.4, 0.5) is 0 Å². The Kier molecular flexibility index (Phi) is 3.13. The normalized spacial score (nSPS) is 23.2. The number of hydrogen-bond donors (Lipinski definition) is 1. The largest absolute Gasteiger partial charge is 0.370 e. The zero-order valence-corrected chi connectivity index (χ0v) is 8.55. The van der Waals surface area contributed by atoms with Gasteiger partial charge in [-0.25, -0.2) is 8.42 Å². The van der Waals surface area contributed by atoms with Gasteiger partial charge in [-0.3, -0.25) is 4.99 Å². The van der Waals surface area contributed by atoms with E-state index >= 15 is 0 Å². The van der Waals surface area contributed by atoms with Gasteiger partial charge in [0.2, 0.25) is 0 Å². The Hall–Kier alpha value is -0.780. The van der Waals surface area contributed by atoms with Crippen molar-refractivity contribution in [1.29, 1.82) is 0 Å². The molecule has 1 aliphatic heterocycles. The topological polar surface area (TPSA) is 75.8 Å². The van der Waals surface area contributed by atoms with Crippen molar-refractivity contribution in [1.82, 2.24) is 4.90 Å². The summed E-state index contributed by atoms with van der Waals surface area (Å²) in [5.41, 5.74) is 5.63. The van der Waals surface area contributed by atoms with E-state index in [-0.39, 0.29) is 11.5 Å². The lowest BCUT2D eigenvalue weighted by atomic mass is 10.5. The maximum atomic E-state index is 11.1. The van der Waals surface area contributed by atoms with Crippen LogP contribution in [0.25, 0.3) is 0 Å². The molecule has 0 saturated carbocycles. The predicted molar refractivity (Wildman–Crippen MR) is 52.4 cm³/mol. The summed E-state index contributed by atoms with van der Waals surface area (Å²) in [6, 6.07) is 0. The Morgan fingerprint density at radius 1 is 1.46 bits per heavy atom. The lowest BCUT2D eigenvalue weighted by Crippen LogP contribution is -2.47. The number of nitrogens with two attached hydrogens (primary N) is 1. The molecule has 0 aromatic rings. The first-order valence-electron chi connectivity index (χ1n) is 4.30. The molecule has 0 amide bonds. The third-order valence-electron chi connectivity index (χ3n) is 1.99. The first-order valence-corrected chi connectivity index (χ1v) is 6.12. The lowest BCUT2D eigenvalue weighted by molar-refractivity contribution is 0.437. The number of aliphatic imine (C=N–C) groups is 1. The summed E-state index contributed by atoms with van der Waals surface area (Å²) < 4.78 is 22.1. The van der Waals surface area contributed by atoms with Gasteiger partial charge in [0.25, 0.3) is 0 Å². The molecule has 0 spiro atoms. The van der Waals surface area contributed by atoms with Crippen molar-refractivity contribution in [3.8, 4) is 0 Å². The Bertz CT molecular complexity index is 283. The van der Waals surface area contributed by atoms with Gasteiger partial charge >= 0.3 is 0 Å². The molecule has 2 N–H and O–H groups in total. The molecule has 0 aromatic carbocycles. The average molecular weight is 205 g/mol. The average Bonchev–Trinajstić information content (AvgIpc) is 2.04. The van der Waals surface area contributed by atoms with Gasteiger partial charge < -0.3 is 10.6 Å². The van der Waals surface area contributed by atoms with Gasteiger partial charge in [-0.05, 0) is 6.92 Å². The molecule has 5 nitrogen and oxygen atoms in total. The van der Waals surface area contributed by atoms with Crippen molar-refractivity contribution in [2.45, 2.75) is 6.92 Å². The molecule has 1 aliphatic rings. The maximum absolute atomic E-state index is 11.1. The van der Waals surface area contributed by atoms with Gasteiger partial charge in [0.05, 0.1) is 11.5 Å². The van der Waals surface area contributed by atoms with Crippen molar-refractivity contribution in [3.05, 3.63) is 0 Å². The van der Waals surface area contributed by atoms with Crippen LogP contribution in [0.1, 0.15) is 6.92 Å². The van der Waals surface area contributed by atoms with Crippen LogP contribution in [0.2, 0.25) is 0 Å². The Labute approximate surface area is 78.5 Å². The van der Waals surface area contributed by atoms with E-state index in [1.54, 1.807) is 0 Å². The second-order valence-electron chi connectivity index (χ2n) is 2.97. The first kappa shape index (κ1) is 10.3. The second kappa shape index (κ2) is 3.95. The van der Waals surface area contributed by atoms with Gasteiger partial charge in [-0.1, -0.05) is 0 Å². The van der Waals surface area contributed by atoms with Crippen LogP contribution in [-0.4, -0.2) is 50.4 Å². The summed E-state index contributed by atoms with van der Waals surface area (Å²) in [6.07, 6.45) is 0. The van der Waals surface area contributed by atoms with E-state index in [1.807, 2.05) is 11.8 Å². The molecule has 76 valence electrons. The lowest BCUT2D eigenvalue weighted by Gasteiger charge is -2.27. The molecule has 6 heteroatoms. The third-order valence-corrected chi connectivity index (χ3v) is 3.60. The smallest absolute Gasteiger partial charge is 0.191 e. The number of nitrogens with zero attached hydrogens (tertiary/aromatic N) is 2. The molecule has 0 atom stereocenters. The van der Waals surface area contributed by atoms with Crippen molar-refractivity contribution in [2.24, 2.45) is 10.7 Å². The van der Waals surface area contributed by atoms with Gasteiger partial charge in [0, 0.05) is 19.6 Å².